The van der Waals surface area contributed by atoms with Gasteiger partial charge in [0.2, 0.25) is 0 Å². The Morgan fingerprint density at radius 2 is 2.29 bits per heavy atom. The Balaban J connectivity index is 3.08. The molecular formula is C10H11BrF2N2O2. The van der Waals surface area contributed by atoms with Crippen LogP contribution < -0.4 is 5.73 Å². The maximum absolute atomic E-state index is 12.8. The molecule has 1 rings (SSSR count). The Morgan fingerprint density at radius 1 is 1.65 bits per heavy atom. The van der Waals surface area contributed by atoms with Crippen molar-refractivity contribution in [1.82, 2.24) is 4.98 Å². The van der Waals surface area contributed by atoms with Gasteiger partial charge in [0.15, 0.2) is 0 Å². The summed E-state index contributed by atoms with van der Waals surface area (Å²) in [6, 6.07) is 1.27. The van der Waals surface area contributed by atoms with E-state index in [1.165, 1.54) is 6.07 Å². The van der Waals surface area contributed by atoms with Crippen molar-refractivity contribution in [2.45, 2.75) is 19.8 Å². The number of pyridine rings is 1. The standard InChI is InChI=1S/C10H11BrF2N2O2/c1-2-17-8(16)4-6-9(10(12)13)5(11)3-7(14)15-6/h3,10H,2,4H2,1H3,(H2,14,15). The van der Waals surface area contributed by atoms with Crippen LogP contribution in [-0.4, -0.2) is 17.6 Å². The van der Waals surface area contributed by atoms with Gasteiger partial charge in [0.25, 0.3) is 6.43 Å². The highest BCUT2D eigenvalue weighted by atomic mass is 79.9. The van der Waals surface area contributed by atoms with E-state index in [2.05, 4.69) is 25.7 Å². The fraction of sp³-hybridized carbons (Fsp3) is 0.400. The van der Waals surface area contributed by atoms with E-state index in [1.807, 2.05) is 0 Å². The summed E-state index contributed by atoms with van der Waals surface area (Å²) in [4.78, 5) is 15.0. The summed E-state index contributed by atoms with van der Waals surface area (Å²) >= 11 is 2.98. The summed E-state index contributed by atoms with van der Waals surface area (Å²) in [6.45, 7) is 1.82. The smallest absolute Gasteiger partial charge is 0.311 e. The van der Waals surface area contributed by atoms with E-state index < -0.39 is 12.4 Å². The summed E-state index contributed by atoms with van der Waals surface area (Å²) in [5.74, 6) is -0.542. The molecule has 0 atom stereocenters. The normalized spacial score (nSPS) is 10.6. The number of nitrogen functional groups attached to an aromatic ring is 1. The Morgan fingerprint density at radius 3 is 2.82 bits per heavy atom. The summed E-state index contributed by atoms with van der Waals surface area (Å²) in [5, 5.41) is 0. The summed E-state index contributed by atoms with van der Waals surface area (Å²) in [6.07, 6.45) is -3.06. The van der Waals surface area contributed by atoms with Gasteiger partial charge >= 0.3 is 5.97 Å². The van der Waals surface area contributed by atoms with Crippen LogP contribution in [0.1, 0.15) is 24.6 Å². The molecule has 0 aliphatic rings. The molecule has 0 saturated heterocycles. The van der Waals surface area contributed by atoms with Crippen molar-refractivity contribution in [3.8, 4) is 0 Å². The number of hydrogen-bond donors (Lipinski definition) is 1. The maximum Gasteiger partial charge on any atom is 0.311 e. The number of aromatic nitrogens is 1. The number of alkyl halides is 2. The van der Waals surface area contributed by atoms with Crippen LogP contribution in [0.5, 0.6) is 0 Å². The van der Waals surface area contributed by atoms with E-state index in [0.29, 0.717) is 0 Å². The Hall–Kier alpha value is -1.24. The average Bonchev–Trinajstić information content (AvgIpc) is 2.15. The lowest BCUT2D eigenvalue weighted by molar-refractivity contribution is -0.142. The number of anilines is 1. The lowest BCUT2D eigenvalue weighted by Gasteiger charge is -2.10. The van der Waals surface area contributed by atoms with Crippen molar-refractivity contribution >= 4 is 27.7 Å². The van der Waals surface area contributed by atoms with E-state index in [9.17, 15) is 13.6 Å². The van der Waals surface area contributed by atoms with Gasteiger partial charge in [0, 0.05) is 4.47 Å². The molecule has 0 bridgehead atoms. The Bertz CT molecular complexity index is 427. The van der Waals surface area contributed by atoms with E-state index in [-0.39, 0.29) is 34.6 Å². The minimum absolute atomic E-state index is 0.0645. The van der Waals surface area contributed by atoms with Crippen LogP contribution in [0.15, 0.2) is 10.5 Å². The van der Waals surface area contributed by atoms with Crippen LogP contribution in [0.2, 0.25) is 0 Å². The van der Waals surface area contributed by atoms with Crippen LogP contribution >= 0.6 is 15.9 Å². The second kappa shape index (κ2) is 5.90. The second-order valence-electron chi connectivity index (χ2n) is 3.17. The molecule has 2 N–H and O–H groups in total. The molecule has 4 nitrogen and oxygen atoms in total. The molecule has 0 spiro atoms. The lowest BCUT2D eigenvalue weighted by atomic mass is 10.1. The third kappa shape index (κ3) is 3.62. The first-order valence-electron chi connectivity index (χ1n) is 4.84. The molecule has 0 aliphatic heterocycles. The number of carbonyl (C=O) groups excluding carboxylic acids is 1. The van der Waals surface area contributed by atoms with Gasteiger partial charge < -0.3 is 10.5 Å². The van der Waals surface area contributed by atoms with E-state index in [4.69, 9.17) is 5.73 Å². The van der Waals surface area contributed by atoms with E-state index >= 15 is 0 Å². The van der Waals surface area contributed by atoms with Crippen LogP contribution in [0, 0.1) is 0 Å². The van der Waals surface area contributed by atoms with Crippen LogP contribution in [0.4, 0.5) is 14.6 Å². The molecule has 0 saturated carbocycles. The van der Waals surface area contributed by atoms with Crippen molar-refractivity contribution in [2.75, 3.05) is 12.3 Å². The van der Waals surface area contributed by atoms with Crippen molar-refractivity contribution in [3.63, 3.8) is 0 Å². The molecule has 0 fully saturated rings. The predicted molar refractivity (Wildman–Crippen MR) is 61.6 cm³/mol. The number of nitrogens with zero attached hydrogens (tertiary/aromatic N) is 1. The molecule has 1 heterocycles. The van der Waals surface area contributed by atoms with Gasteiger partial charge in [-0.05, 0) is 13.0 Å². The summed E-state index contributed by atoms with van der Waals surface area (Å²) < 4.78 is 30.4. The lowest BCUT2D eigenvalue weighted by Crippen LogP contribution is -2.12. The molecule has 7 heteroatoms. The highest BCUT2D eigenvalue weighted by molar-refractivity contribution is 9.10. The molecule has 1 aromatic heterocycles. The van der Waals surface area contributed by atoms with Gasteiger partial charge in [-0.3, -0.25) is 4.79 Å². The number of esters is 1. The number of halogens is 3. The fourth-order valence-electron chi connectivity index (χ4n) is 1.31. The first kappa shape index (κ1) is 13.8. The molecular weight excluding hydrogens is 298 g/mol. The molecule has 1 aromatic rings. The molecule has 0 amide bonds. The third-order valence-corrected chi connectivity index (χ3v) is 2.60. The number of ether oxygens (including phenoxy) is 1. The van der Waals surface area contributed by atoms with Gasteiger partial charge in [-0.2, -0.15) is 0 Å². The summed E-state index contributed by atoms with van der Waals surface area (Å²) in [7, 11) is 0. The average molecular weight is 309 g/mol. The monoisotopic (exact) mass is 308 g/mol. The second-order valence-corrected chi connectivity index (χ2v) is 4.03. The largest absolute Gasteiger partial charge is 0.466 e. The molecule has 0 aromatic carbocycles. The van der Waals surface area contributed by atoms with Crippen LogP contribution in [0.3, 0.4) is 0 Å². The van der Waals surface area contributed by atoms with Gasteiger partial charge in [-0.1, -0.05) is 15.9 Å². The number of carbonyl (C=O) groups is 1. The van der Waals surface area contributed by atoms with Gasteiger partial charge in [0.1, 0.15) is 5.82 Å². The quantitative estimate of drug-likeness (QED) is 0.868. The fourth-order valence-corrected chi connectivity index (χ4v) is 1.94. The number of rotatable bonds is 4. The van der Waals surface area contributed by atoms with Crippen molar-refractivity contribution < 1.29 is 18.3 Å². The molecule has 0 radical (unpaired) electrons. The van der Waals surface area contributed by atoms with Crippen molar-refractivity contribution in [1.29, 1.82) is 0 Å². The van der Waals surface area contributed by atoms with Crippen molar-refractivity contribution in [3.05, 3.63) is 21.8 Å². The SMILES string of the molecule is CCOC(=O)Cc1nc(N)cc(Br)c1C(F)F. The zero-order valence-corrected chi connectivity index (χ0v) is 10.6. The molecule has 94 valence electrons. The highest BCUT2D eigenvalue weighted by Crippen LogP contribution is 2.31. The van der Waals surface area contributed by atoms with Crippen LogP contribution in [-0.2, 0) is 16.0 Å². The van der Waals surface area contributed by atoms with E-state index in [1.54, 1.807) is 6.92 Å². The first-order valence-corrected chi connectivity index (χ1v) is 5.63. The minimum atomic E-state index is -2.73. The Labute approximate surface area is 105 Å². The number of hydrogen-bond acceptors (Lipinski definition) is 4. The highest BCUT2D eigenvalue weighted by Gasteiger charge is 2.21. The Kier molecular flexibility index (Phi) is 4.80. The van der Waals surface area contributed by atoms with E-state index in [0.717, 1.165) is 0 Å². The van der Waals surface area contributed by atoms with Gasteiger partial charge in [-0.15, -0.1) is 0 Å². The topological polar surface area (TPSA) is 65.2 Å². The number of nitrogens with two attached hydrogens (primary N) is 1. The zero-order valence-electron chi connectivity index (χ0n) is 9.04. The van der Waals surface area contributed by atoms with Crippen LogP contribution in [0.25, 0.3) is 0 Å². The first-order chi connectivity index (χ1) is 7.95. The maximum atomic E-state index is 12.8. The molecule has 0 unspecified atom stereocenters. The van der Waals surface area contributed by atoms with Crippen molar-refractivity contribution in [2.24, 2.45) is 0 Å². The third-order valence-electron chi connectivity index (χ3n) is 1.94. The van der Waals surface area contributed by atoms with Gasteiger partial charge in [0.05, 0.1) is 24.3 Å². The summed E-state index contributed by atoms with van der Waals surface area (Å²) in [5.41, 5.74) is 5.05. The molecule has 17 heavy (non-hydrogen) atoms. The zero-order chi connectivity index (χ0) is 13.0. The van der Waals surface area contributed by atoms with Gasteiger partial charge in [-0.25, -0.2) is 13.8 Å². The minimum Gasteiger partial charge on any atom is -0.466 e. The predicted octanol–water partition coefficient (Wildman–Crippen LogP) is 2.47. The molecule has 0 aliphatic carbocycles.